The third kappa shape index (κ3) is 4.34. The van der Waals surface area contributed by atoms with Crippen molar-refractivity contribution in [3.63, 3.8) is 0 Å². The fourth-order valence-corrected chi connectivity index (χ4v) is 4.85. The minimum Gasteiger partial charge on any atom is -0.497 e. The Hall–Kier alpha value is -3.86. The van der Waals surface area contributed by atoms with Crippen molar-refractivity contribution >= 4 is 16.7 Å². The molecular formula is C29H28N2O3. The van der Waals surface area contributed by atoms with Crippen molar-refractivity contribution < 1.29 is 9.53 Å². The van der Waals surface area contributed by atoms with E-state index in [1.54, 1.807) is 23.9 Å². The monoisotopic (exact) mass is 452 g/mol. The SMILES string of the molecule is COc1ccc(-n2cc(C(=O)N3CCC(Cc4ccccc4)CC3)c3ccccc3c2=O)cc1. The van der Waals surface area contributed by atoms with Gasteiger partial charge >= 0.3 is 0 Å². The van der Waals surface area contributed by atoms with Crippen LogP contribution in [0.1, 0.15) is 28.8 Å². The second-order valence-electron chi connectivity index (χ2n) is 8.89. The summed E-state index contributed by atoms with van der Waals surface area (Å²) in [4.78, 5) is 28.9. The maximum absolute atomic E-state index is 13.7. The summed E-state index contributed by atoms with van der Waals surface area (Å²) < 4.78 is 6.81. The molecule has 5 rings (SSSR count). The molecule has 172 valence electrons. The Kier molecular flexibility index (Phi) is 6.17. The number of methoxy groups -OCH3 is 1. The fraction of sp³-hybridized carbons (Fsp3) is 0.241. The zero-order valence-electron chi connectivity index (χ0n) is 19.3. The molecule has 0 radical (unpaired) electrons. The Bertz CT molecular complexity index is 1350. The van der Waals surface area contributed by atoms with Gasteiger partial charge in [-0.25, -0.2) is 0 Å². The minimum atomic E-state index is -0.140. The van der Waals surface area contributed by atoms with E-state index in [1.807, 2.05) is 53.4 Å². The summed E-state index contributed by atoms with van der Waals surface area (Å²) in [6.45, 7) is 1.46. The molecule has 1 amide bonds. The maximum atomic E-state index is 13.7. The number of likely N-dealkylation sites (tertiary alicyclic amines) is 1. The first kappa shape index (κ1) is 22.0. The molecule has 0 saturated carbocycles. The average Bonchev–Trinajstić information content (AvgIpc) is 2.90. The Balaban J connectivity index is 1.43. The normalized spacial score (nSPS) is 14.3. The van der Waals surface area contributed by atoms with Crippen LogP contribution in [0.2, 0.25) is 0 Å². The van der Waals surface area contributed by atoms with Crippen LogP contribution < -0.4 is 10.3 Å². The number of hydrogen-bond donors (Lipinski definition) is 0. The number of rotatable bonds is 5. The molecule has 0 atom stereocenters. The number of benzene rings is 3. The molecule has 1 fully saturated rings. The first-order valence-corrected chi connectivity index (χ1v) is 11.8. The van der Waals surface area contributed by atoms with Gasteiger partial charge in [0.25, 0.3) is 11.5 Å². The topological polar surface area (TPSA) is 51.5 Å². The van der Waals surface area contributed by atoms with Crippen LogP contribution in [0.15, 0.2) is 89.9 Å². The van der Waals surface area contributed by atoms with Gasteiger partial charge in [0.2, 0.25) is 0 Å². The van der Waals surface area contributed by atoms with E-state index in [1.165, 1.54) is 5.56 Å². The lowest BCUT2D eigenvalue weighted by molar-refractivity contribution is 0.0692. The molecule has 1 aliphatic heterocycles. The zero-order valence-corrected chi connectivity index (χ0v) is 19.3. The summed E-state index contributed by atoms with van der Waals surface area (Å²) in [6.07, 6.45) is 4.71. The van der Waals surface area contributed by atoms with Crippen molar-refractivity contribution in [2.45, 2.75) is 19.3 Å². The van der Waals surface area contributed by atoms with E-state index in [4.69, 9.17) is 4.74 Å². The predicted octanol–water partition coefficient (Wildman–Crippen LogP) is 5.09. The summed E-state index contributed by atoms with van der Waals surface area (Å²) >= 11 is 0. The van der Waals surface area contributed by atoms with Crippen LogP contribution in [0.25, 0.3) is 16.5 Å². The summed E-state index contributed by atoms with van der Waals surface area (Å²) in [7, 11) is 1.61. The molecule has 2 heterocycles. The lowest BCUT2D eigenvalue weighted by Crippen LogP contribution is -2.39. The number of ether oxygens (including phenoxy) is 1. The first-order chi connectivity index (χ1) is 16.6. The van der Waals surface area contributed by atoms with Gasteiger partial charge in [0.05, 0.1) is 12.7 Å². The van der Waals surface area contributed by atoms with Gasteiger partial charge in [-0.1, -0.05) is 48.5 Å². The molecule has 1 saturated heterocycles. The Morgan fingerprint density at radius 3 is 2.21 bits per heavy atom. The molecule has 5 nitrogen and oxygen atoms in total. The molecule has 1 aromatic heterocycles. The van der Waals surface area contributed by atoms with E-state index in [-0.39, 0.29) is 11.5 Å². The molecular weight excluding hydrogens is 424 g/mol. The van der Waals surface area contributed by atoms with Crippen molar-refractivity contribution in [2.24, 2.45) is 5.92 Å². The number of carbonyl (C=O) groups is 1. The highest BCUT2D eigenvalue weighted by molar-refractivity contribution is 6.06. The third-order valence-electron chi connectivity index (χ3n) is 6.77. The fourth-order valence-electron chi connectivity index (χ4n) is 4.85. The van der Waals surface area contributed by atoms with E-state index >= 15 is 0 Å². The average molecular weight is 453 g/mol. The van der Waals surface area contributed by atoms with Crippen LogP contribution in [0.3, 0.4) is 0 Å². The second-order valence-corrected chi connectivity index (χ2v) is 8.89. The van der Waals surface area contributed by atoms with E-state index in [0.717, 1.165) is 32.4 Å². The van der Waals surface area contributed by atoms with Gasteiger partial charge in [0.1, 0.15) is 5.75 Å². The molecule has 0 unspecified atom stereocenters. The van der Waals surface area contributed by atoms with Crippen LogP contribution in [0.5, 0.6) is 5.75 Å². The van der Waals surface area contributed by atoms with Gasteiger partial charge in [-0.15, -0.1) is 0 Å². The second kappa shape index (κ2) is 9.56. The highest BCUT2D eigenvalue weighted by Gasteiger charge is 2.26. The van der Waals surface area contributed by atoms with E-state index in [0.29, 0.717) is 33.7 Å². The summed E-state index contributed by atoms with van der Waals surface area (Å²) in [6, 6.07) is 25.2. The predicted molar refractivity (Wildman–Crippen MR) is 135 cm³/mol. The van der Waals surface area contributed by atoms with E-state index < -0.39 is 0 Å². The Labute approximate surface area is 199 Å². The van der Waals surface area contributed by atoms with Crippen LogP contribution in [0.4, 0.5) is 0 Å². The van der Waals surface area contributed by atoms with Gasteiger partial charge in [0.15, 0.2) is 0 Å². The van der Waals surface area contributed by atoms with Crippen molar-refractivity contribution in [2.75, 3.05) is 20.2 Å². The lowest BCUT2D eigenvalue weighted by Gasteiger charge is -2.32. The molecule has 0 aliphatic carbocycles. The van der Waals surface area contributed by atoms with E-state index in [2.05, 4.69) is 24.3 Å². The number of hydrogen-bond acceptors (Lipinski definition) is 3. The van der Waals surface area contributed by atoms with Gasteiger partial charge < -0.3 is 9.64 Å². The van der Waals surface area contributed by atoms with Crippen molar-refractivity contribution in [3.8, 4) is 11.4 Å². The number of amides is 1. The van der Waals surface area contributed by atoms with Gasteiger partial charge in [-0.3, -0.25) is 14.2 Å². The van der Waals surface area contributed by atoms with Crippen LogP contribution in [-0.4, -0.2) is 35.6 Å². The number of aromatic nitrogens is 1. The summed E-state index contributed by atoms with van der Waals surface area (Å²) in [5.74, 6) is 1.28. The molecule has 0 spiro atoms. The number of carbonyl (C=O) groups excluding carboxylic acids is 1. The number of pyridine rings is 1. The van der Waals surface area contributed by atoms with Gasteiger partial charge in [-0.2, -0.15) is 0 Å². The lowest BCUT2D eigenvalue weighted by atomic mass is 9.90. The van der Waals surface area contributed by atoms with Crippen LogP contribution >= 0.6 is 0 Å². The van der Waals surface area contributed by atoms with Crippen molar-refractivity contribution in [3.05, 3.63) is 107 Å². The van der Waals surface area contributed by atoms with Crippen LogP contribution in [0, 0.1) is 5.92 Å². The minimum absolute atomic E-state index is 0.0170. The van der Waals surface area contributed by atoms with Gasteiger partial charge in [0, 0.05) is 35.7 Å². The molecule has 1 aliphatic rings. The summed E-state index contributed by atoms with van der Waals surface area (Å²) in [5, 5.41) is 1.25. The molecule has 0 N–H and O–H groups in total. The molecule has 0 bridgehead atoms. The summed E-state index contributed by atoms with van der Waals surface area (Å²) in [5.41, 5.74) is 2.48. The Morgan fingerprint density at radius 2 is 1.53 bits per heavy atom. The number of piperidine rings is 1. The quantitative estimate of drug-likeness (QED) is 0.424. The number of fused-ring (bicyclic) bond motifs is 1. The third-order valence-corrected chi connectivity index (χ3v) is 6.77. The molecule has 5 heteroatoms. The maximum Gasteiger partial charge on any atom is 0.262 e. The first-order valence-electron chi connectivity index (χ1n) is 11.8. The highest BCUT2D eigenvalue weighted by Crippen LogP contribution is 2.25. The molecule has 34 heavy (non-hydrogen) atoms. The Morgan fingerprint density at radius 1 is 0.882 bits per heavy atom. The zero-order chi connectivity index (χ0) is 23.5. The van der Waals surface area contributed by atoms with Gasteiger partial charge in [-0.05, 0) is 61.1 Å². The van der Waals surface area contributed by atoms with E-state index in [9.17, 15) is 9.59 Å². The standard InChI is InChI=1S/C29H28N2O3/c1-34-24-13-11-23(12-14-24)31-20-27(25-9-5-6-10-26(25)29(31)33)28(32)30-17-15-22(16-18-30)19-21-7-3-2-4-8-21/h2-14,20,22H,15-19H2,1H3. The molecule has 4 aromatic rings. The van der Waals surface area contributed by atoms with Crippen molar-refractivity contribution in [1.29, 1.82) is 0 Å². The molecule has 3 aromatic carbocycles. The highest BCUT2D eigenvalue weighted by atomic mass is 16.5. The largest absolute Gasteiger partial charge is 0.497 e. The smallest absolute Gasteiger partial charge is 0.262 e. The van der Waals surface area contributed by atoms with Crippen molar-refractivity contribution in [1.82, 2.24) is 9.47 Å². The van der Waals surface area contributed by atoms with Crippen LogP contribution in [-0.2, 0) is 6.42 Å². The number of nitrogens with zero attached hydrogens (tertiary/aromatic N) is 2.